The predicted molar refractivity (Wildman–Crippen MR) is 114 cm³/mol. The Bertz CT molecular complexity index is 479. The maximum absolute atomic E-state index is 6.16. The first kappa shape index (κ1) is 19.8. The largest absolute Gasteiger partial charge is 0.370 e. The van der Waals surface area contributed by atoms with E-state index < -0.39 is 0 Å². The molecule has 2 fully saturated rings. The molecular weight excluding hydrogens is 433 g/mol. The smallest absolute Gasteiger partial charge is 0.191 e. The molecule has 0 spiro atoms. The van der Waals surface area contributed by atoms with Crippen LogP contribution in [0, 0.1) is 5.92 Å². The van der Waals surface area contributed by atoms with Crippen molar-refractivity contribution in [3.05, 3.63) is 11.6 Å². The number of hydrogen-bond acceptors (Lipinski definition) is 4. The molecule has 136 valence electrons. The molecule has 0 aromatic carbocycles. The second kappa shape index (κ2) is 10.4. The van der Waals surface area contributed by atoms with Crippen LogP contribution >= 0.6 is 35.3 Å². The first-order chi connectivity index (χ1) is 11.3. The van der Waals surface area contributed by atoms with Gasteiger partial charge in [0.2, 0.25) is 0 Å². The van der Waals surface area contributed by atoms with E-state index in [2.05, 4.69) is 19.8 Å². The highest BCUT2D eigenvalue weighted by atomic mass is 127. The van der Waals surface area contributed by atoms with Gasteiger partial charge in [0, 0.05) is 44.3 Å². The average Bonchev–Trinajstić information content (AvgIpc) is 3.28. The van der Waals surface area contributed by atoms with Crippen molar-refractivity contribution < 1.29 is 0 Å². The molecule has 0 amide bonds. The minimum Gasteiger partial charge on any atom is -0.370 e. The van der Waals surface area contributed by atoms with E-state index in [1.807, 2.05) is 11.6 Å². The maximum atomic E-state index is 6.16. The third-order valence-corrected chi connectivity index (χ3v) is 5.89. The van der Waals surface area contributed by atoms with Crippen LogP contribution in [0.1, 0.15) is 44.9 Å². The first-order valence-electron chi connectivity index (χ1n) is 9.02. The molecule has 1 aromatic rings. The summed E-state index contributed by atoms with van der Waals surface area (Å²) in [6, 6.07) is 0. The predicted octanol–water partition coefficient (Wildman–Crippen LogP) is 3.56. The fourth-order valence-corrected chi connectivity index (χ4v) is 4.33. The van der Waals surface area contributed by atoms with Gasteiger partial charge in [-0.05, 0) is 12.3 Å². The highest BCUT2D eigenvalue weighted by molar-refractivity contribution is 14.0. The van der Waals surface area contributed by atoms with Crippen LogP contribution in [0.5, 0.6) is 0 Å². The van der Waals surface area contributed by atoms with Crippen LogP contribution in [-0.2, 0) is 0 Å². The van der Waals surface area contributed by atoms with Crippen molar-refractivity contribution in [2.45, 2.75) is 44.9 Å². The third kappa shape index (κ3) is 5.75. The molecule has 7 heteroatoms. The number of rotatable bonds is 6. The van der Waals surface area contributed by atoms with Crippen LogP contribution in [0.15, 0.2) is 16.6 Å². The molecule has 1 saturated carbocycles. The lowest BCUT2D eigenvalue weighted by atomic mass is 10.0. The summed E-state index contributed by atoms with van der Waals surface area (Å²) >= 11 is 1.70. The second-order valence-electron chi connectivity index (χ2n) is 6.67. The molecule has 0 radical (unpaired) electrons. The lowest BCUT2D eigenvalue weighted by Crippen LogP contribution is -2.51. The summed E-state index contributed by atoms with van der Waals surface area (Å²) in [4.78, 5) is 13.5. The summed E-state index contributed by atoms with van der Waals surface area (Å²) in [5.41, 5.74) is 6.16. The van der Waals surface area contributed by atoms with E-state index in [-0.39, 0.29) is 24.0 Å². The number of nitrogens with zero attached hydrogens (tertiary/aromatic N) is 4. The Labute approximate surface area is 166 Å². The first-order valence-corrected chi connectivity index (χ1v) is 9.90. The quantitative estimate of drug-likeness (QED) is 0.304. The van der Waals surface area contributed by atoms with Gasteiger partial charge in [-0.3, -0.25) is 4.99 Å². The Balaban J connectivity index is 0.00000208. The van der Waals surface area contributed by atoms with Crippen molar-refractivity contribution in [1.82, 2.24) is 9.88 Å². The normalized spacial score (nSPS) is 19.6. The number of guanidine groups is 1. The number of piperazine rings is 1. The van der Waals surface area contributed by atoms with Gasteiger partial charge in [0.05, 0.1) is 0 Å². The zero-order chi connectivity index (χ0) is 15.9. The van der Waals surface area contributed by atoms with Gasteiger partial charge in [-0.1, -0.05) is 38.5 Å². The average molecular weight is 463 g/mol. The van der Waals surface area contributed by atoms with Crippen LogP contribution in [0.4, 0.5) is 5.13 Å². The lowest BCUT2D eigenvalue weighted by molar-refractivity contribution is 0.380. The summed E-state index contributed by atoms with van der Waals surface area (Å²) in [5.74, 6) is 1.72. The van der Waals surface area contributed by atoms with Gasteiger partial charge >= 0.3 is 0 Å². The van der Waals surface area contributed by atoms with Crippen molar-refractivity contribution in [3.8, 4) is 0 Å². The number of thiazole rings is 1. The molecule has 0 bridgehead atoms. The Morgan fingerprint density at radius 1 is 1.21 bits per heavy atom. The second-order valence-corrected chi connectivity index (χ2v) is 7.55. The Morgan fingerprint density at radius 3 is 2.62 bits per heavy atom. The van der Waals surface area contributed by atoms with Gasteiger partial charge < -0.3 is 15.5 Å². The molecule has 1 saturated heterocycles. The Hall–Kier alpha value is -0.570. The zero-order valence-corrected chi connectivity index (χ0v) is 17.5. The lowest BCUT2D eigenvalue weighted by Gasteiger charge is -2.35. The highest BCUT2D eigenvalue weighted by Crippen LogP contribution is 2.28. The molecule has 2 aliphatic rings. The SMILES string of the molecule is I.NC(=NCCCCC1CCCC1)N1CCN(c2nccs2)CC1. The molecular formula is C17H30IN5S. The summed E-state index contributed by atoms with van der Waals surface area (Å²) in [6.07, 6.45) is 11.5. The summed E-state index contributed by atoms with van der Waals surface area (Å²) in [5, 5.41) is 3.15. The fraction of sp³-hybridized carbons (Fsp3) is 0.765. The molecule has 1 aliphatic carbocycles. The number of unbranched alkanes of at least 4 members (excludes halogenated alkanes) is 1. The van der Waals surface area contributed by atoms with E-state index in [0.717, 1.165) is 49.7 Å². The van der Waals surface area contributed by atoms with E-state index in [0.29, 0.717) is 0 Å². The van der Waals surface area contributed by atoms with Crippen LogP contribution < -0.4 is 10.6 Å². The number of aliphatic imine (C=N–C) groups is 1. The van der Waals surface area contributed by atoms with Crippen molar-refractivity contribution in [3.63, 3.8) is 0 Å². The molecule has 5 nitrogen and oxygen atoms in total. The van der Waals surface area contributed by atoms with E-state index in [1.54, 1.807) is 11.3 Å². The molecule has 1 aliphatic heterocycles. The van der Waals surface area contributed by atoms with Gasteiger partial charge in [0.1, 0.15) is 0 Å². The summed E-state index contributed by atoms with van der Waals surface area (Å²) < 4.78 is 0. The van der Waals surface area contributed by atoms with Gasteiger partial charge in [-0.2, -0.15) is 0 Å². The summed E-state index contributed by atoms with van der Waals surface area (Å²) in [6.45, 7) is 4.72. The molecule has 2 heterocycles. The molecule has 0 unspecified atom stereocenters. The third-order valence-electron chi connectivity index (χ3n) is 5.06. The zero-order valence-electron chi connectivity index (χ0n) is 14.4. The fourth-order valence-electron chi connectivity index (χ4n) is 3.64. The molecule has 2 N–H and O–H groups in total. The van der Waals surface area contributed by atoms with E-state index in [9.17, 15) is 0 Å². The topological polar surface area (TPSA) is 57.8 Å². The highest BCUT2D eigenvalue weighted by Gasteiger charge is 2.19. The molecule has 1 aromatic heterocycles. The van der Waals surface area contributed by atoms with Crippen molar-refractivity contribution in [1.29, 1.82) is 0 Å². The van der Waals surface area contributed by atoms with Gasteiger partial charge in [-0.15, -0.1) is 35.3 Å². The maximum Gasteiger partial charge on any atom is 0.191 e. The summed E-state index contributed by atoms with van der Waals surface area (Å²) in [7, 11) is 0. The van der Waals surface area contributed by atoms with Crippen LogP contribution in [0.3, 0.4) is 0 Å². The Morgan fingerprint density at radius 2 is 1.96 bits per heavy atom. The van der Waals surface area contributed by atoms with Crippen LogP contribution in [-0.4, -0.2) is 48.6 Å². The number of halogens is 1. The molecule has 0 atom stereocenters. The van der Waals surface area contributed by atoms with E-state index >= 15 is 0 Å². The Kier molecular flexibility index (Phi) is 8.58. The number of hydrogen-bond donors (Lipinski definition) is 1. The molecule has 3 rings (SSSR count). The van der Waals surface area contributed by atoms with Gasteiger partial charge in [0.25, 0.3) is 0 Å². The van der Waals surface area contributed by atoms with Crippen LogP contribution in [0.25, 0.3) is 0 Å². The van der Waals surface area contributed by atoms with Crippen molar-refractivity contribution in [2.75, 3.05) is 37.6 Å². The van der Waals surface area contributed by atoms with Gasteiger partial charge in [0.15, 0.2) is 11.1 Å². The van der Waals surface area contributed by atoms with E-state index in [1.165, 1.54) is 44.9 Å². The minimum absolute atomic E-state index is 0. The standard InChI is InChI=1S/C17H29N5S.HI/c18-16(19-8-4-3-7-15-5-1-2-6-15)21-10-12-22(13-11-21)17-20-9-14-23-17;/h9,14-15H,1-8,10-13H2,(H2,18,19);1H. The number of anilines is 1. The van der Waals surface area contributed by atoms with Crippen LogP contribution in [0.2, 0.25) is 0 Å². The van der Waals surface area contributed by atoms with Crippen molar-refractivity contribution >= 4 is 46.4 Å². The number of aromatic nitrogens is 1. The molecule has 24 heavy (non-hydrogen) atoms. The minimum atomic E-state index is 0. The monoisotopic (exact) mass is 463 g/mol. The van der Waals surface area contributed by atoms with Crippen molar-refractivity contribution in [2.24, 2.45) is 16.6 Å². The van der Waals surface area contributed by atoms with Gasteiger partial charge in [-0.25, -0.2) is 4.98 Å². The number of nitrogens with two attached hydrogens (primary N) is 1. The van der Waals surface area contributed by atoms with E-state index in [4.69, 9.17) is 5.73 Å².